The number of aryl methyl sites for hydroxylation is 2. The Labute approximate surface area is 171 Å². The van der Waals surface area contributed by atoms with Crippen LogP contribution in [0.15, 0.2) is 59.4 Å². The van der Waals surface area contributed by atoms with Crippen LogP contribution in [-0.2, 0) is 0 Å². The first-order valence-electron chi connectivity index (χ1n) is 8.94. The van der Waals surface area contributed by atoms with Gasteiger partial charge in [0.25, 0.3) is 11.5 Å². The fraction of sp³-hybridized carbons (Fsp3) is 0.0952. The van der Waals surface area contributed by atoms with Crippen molar-refractivity contribution in [1.29, 1.82) is 0 Å². The molecule has 2 heterocycles. The van der Waals surface area contributed by atoms with Gasteiger partial charge >= 0.3 is 0 Å². The fourth-order valence-corrected chi connectivity index (χ4v) is 3.09. The standard InChI is InChI=1S/C21H18ClN5O2/c1-12-3-7-16(8-4-12)25-21(29)18-19(24-15-9-5-14(22)6-10-15)26-27-17(28)11-13(2)23-20(18)27/h3-11,24,26H,1-2H3,(H,25,29). The molecule has 0 spiro atoms. The van der Waals surface area contributed by atoms with Gasteiger partial charge < -0.3 is 10.6 Å². The van der Waals surface area contributed by atoms with Crippen molar-refractivity contribution in [3.63, 3.8) is 0 Å². The van der Waals surface area contributed by atoms with Crippen molar-refractivity contribution in [1.82, 2.24) is 14.6 Å². The van der Waals surface area contributed by atoms with E-state index in [-0.39, 0.29) is 22.7 Å². The van der Waals surface area contributed by atoms with Gasteiger partial charge in [-0.25, -0.2) is 4.98 Å². The predicted octanol–water partition coefficient (Wildman–Crippen LogP) is 4.29. The summed E-state index contributed by atoms with van der Waals surface area (Å²) in [6.07, 6.45) is 0. The number of aromatic nitrogens is 3. The molecule has 0 aliphatic heterocycles. The Bertz CT molecular complexity index is 1260. The summed E-state index contributed by atoms with van der Waals surface area (Å²) in [5, 5.41) is 9.53. The molecule has 0 aliphatic carbocycles. The Morgan fingerprint density at radius 2 is 1.69 bits per heavy atom. The van der Waals surface area contributed by atoms with Gasteiger partial charge in [0.05, 0.1) is 0 Å². The smallest absolute Gasteiger partial charge is 0.272 e. The minimum Gasteiger partial charge on any atom is -0.340 e. The van der Waals surface area contributed by atoms with Crippen molar-refractivity contribution in [2.45, 2.75) is 13.8 Å². The maximum absolute atomic E-state index is 13.1. The number of nitrogens with zero attached hydrogens (tertiary/aromatic N) is 2. The summed E-state index contributed by atoms with van der Waals surface area (Å²) in [6.45, 7) is 3.68. The normalized spacial score (nSPS) is 10.9. The van der Waals surface area contributed by atoms with E-state index in [1.165, 1.54) is 10.6 Å². The first kappa shape index (κ1) is 18.8. The zero-order valence-electron chi connectivity index (χ0n) is 15.8. The first-order valence-corrected chi connectivity index (χ1v) is 9.31. The van der Waals surface area contributed by atoms with Crippen molar-refractivity contribution in [2.75, 3.05) is 10.6 Å². The number of fused-ring (bicyclic) bond motifs is 1. The van der Waals surface area contributed by atoms with Crippen molar-refractivity contribution >= 4 is 40.3 Å². The van der Waals surface area contributed by atoms with Crippen molar-refractivity contribution < 1.29 is 4.79 Å². The molecule has 4 rings (SSSR count). The fourth-order valence-electron chi connectivity index (χ4n) is 2.97. The molecule has 1 amide bonds. The lowest BCUT2D eigenvalue weighted by molar-refractivity contribution is 0.102. The van der Waals surface area contributed by atoms with E-state index in [1.807, 2.05) is 31.2 Å². The van der Waals surface area contributed by atoms with Gasteiger partial charge in [-0.2, -0.15) is 4.52 Å². The minimum atomic E-state index is -0.387. The second-order valence-corrected chi connectivity index (χ2v) is 7.15. The molecule has 146 valence electrons. The SMILES string of the molecule is Cc1ccc(NC(=O)c2c(Nc3ccc(Cl)cc3)[nH]n3c(=O)cc(C)nc23)cc1. The number of H-pyrrole nitrogens is 1. The molecule has 3 N–H and O–H groups in total. The molecule has 2 aromatic carbocycles. The Morgan fingerprint density at radius 1 is 1.03 bits per heavy atom. The second kappa shape index (κ2) is 7.44. The first-order chi connectivity index (χ1) is 13.9. The Kier molecular flexibility index (Phi) is 4.82. The van der Waals surface area contributed by atoms with Gasteiger partial charge in [0, 0.05) is 28.2 Å². The highest BCUT2D eigenvalue weighted by Crippen LogP contribution is 2.25. The largest absolute Gasteiger partial charge is 0.340 e. The summed E-state index contributed by atoms with van der Waals surface area (Å²) < 4.78 is 1.25. The molecule has 7 nitrogen and oxygen atoms in total. The van der Waals surface area contributed by atoms with E-state index in [0.29, 0.717) is 27.9 Å². The van der Waals surface area contributed by atoms with E-state index in [1.54, 1.807) is 31.2 Å². The highest BCUT2D eigenvalue weighted by atomic mass is 35.5. The van der Waals surface area contributed by atoms with Crippen LogP contribution in [0.3, 0.4) is 0 Å². The molecular formula is C21H18ClN5O2. The number of carbonyl (C=O) groups is 1. The third-order valence-electron chi connectivity index (χ3n) is 4.39. The van der Waals surface area contributed by atoms with Crippen molar-refractivity contribution in [3.05, 3.63) is 86.8 Å². The Morgan fingerprint density at radius 3 is 2.38 bits per heavy atom. The van der Waals surface area contributed by atoms with Gasteiger partial charge in [-0.3, -0.25) is 14.7 Å². The van der Waals surface area contributed by atoms with E-state index in [4.69, 9.17) is 11.6 Å². The molecule has 0 unspecified atom stereocenters. The number of anilines is 3. The van der Waals surface area contributed by atoms with E-state index >= 15 is 0 Å². The highest BCUT2D eigenvalue weighted by molar-refractivity contribution is 6.30. The van der Waals surface area contributed by atoms with Crippen LogP contribution in [-0.4, -0.2) is 20.5 Å². The zero-order chi connectivity index (χ0) is 20.5. The molecule has 0 radical (unpaired) electrons. The molecule has 29 heavy (non-hydrogen) atoms. The third kappa shape index (κ3) is 3.86. The van der Waals surface area contributed by atoms with Crippen LogP contribution in [0.5, 0.6) is 0 Å². The summed E-state index contributed by atoms with van der Waals surface area (Å²) in [5.41, 5.74) is 3.14. The summed E-state index contributed by atoms with van der Waals surface area (Å²) in [4.78, 5) is 29.9. The van der Waals surface area contributed by atoms with Gasteiger partial charge in [-0.15, -0.1) is 0 Å². The molecule has 0 aliphatic rings. The van der Waals surface area contributed by atoms with Gasteiger partial charge in [0.1, 0.15) is 11.4 Å². The highest BCUT2D eigenvalue weighted by Gasteiger charge is 2.22. The van der Waals surface area contributed by atoms with Crippen LogP contribution in [0.25, 0.3) is 5.65 Å². The van der Waals surface area contributed by atoms with Crippen LogP contribution in [0, 0.1) is 13.8 Å². The number of rotatable bonds is 4. The summed E-state index contributed by atoms with van der Waals surface area (Å²) in [5.74, 6) is -0.0336. The summed E-state index contributed by atoms with van der Waals surface area (Å²) >= 11 is 5.95. The van der Waals surface area contributed by atoms with E-state index in [9.17, 15) is 9.59 Å². The number of hydrogen-bond donors (Lipinski definition) is 3. The van der Waals surface area contributed by atoms with Gasteiger partial charge in [-0.1, -0.05) is 29.3 Å². The number of aromatic amines is 1. The quantitative estimate of drug-likeness (QED) is 0.470. The number of nitrogens with one attached hydrogen (secondary N) is 3. The van der Waals surface area contributed by atoms with Crippen LogP contribution >= 0.6 is 11.6 Å². The third-order valence-corrected chi connectivity index (χ3v) is 4.65. The number of halogens is 1. The van der Waals surface area contributed by atoms with Crippen LogP contribution in [0.2, 0.25) is 5.02 Å². The lowest BCUT2D eigenvalue weighted by Crippen LogP contribution is -2.17. The predicted molar refractivity (Wildman–Crippen MR) is 114 cm³/mol. The number of carbonyl (C=O) groups excluding carboxylic acids is 1. The minimum absolute atomic E-state index is 0.237. The van der Waals surface area contributed by atoms with Gasteiger partial charge in [-0.05, 0) is 50.2 Å². The van der Waals surface area contributed by atoms with Crippen molar-refractivity contribution in [3.8, 4) is 0 Å². The topological polar surface area (TPSA) is 91.3 Å². The van der Waals surface area contributed by atoms with E-state index in [0.717, 1.165) is 5.56 Å². The molecule has 0 bridgehead atoms. The monoisotopic (exact) mass is 407 g/mol. The average Bonchev–Trinajstić information content (AvgIpc) is 3.04. The lowest BCUT2D eigenvalue weighted by Gasteiger charge is -2.08. The van der Waals surface area contributed by atoms with Crippen LogP contribution < -0.4 is 16.2 Å². The van der Waals surface area contributed by atoms with Crippen molar-refractivity contribution in [2.24, 2.45) is 0 Å². The molecule has 4 aromatic rings. The van der Waals surface area contributed by atoms with E-state index < -0.39 is 0 Å². The zero-order valence-corrected chi connectivity index (χ0v) is 16.5. The van der Waals surface area contributed by atoms with Gasteiger partial charge in [0.2, 0.25) is 0 Å². The van der Waals surface area contributed by atoms with Gasteiger partial charge in [0.15, 0.2) is 5.65 Å². The lowest BCUT2D eigenvalue weighted by atomic mass is 10.2. The maximum atomic E-state index is 13.1. The molecule has 0 fully saturated rings. The molecule has 0 saturated heterocycles. The number of hydrogen-bond acceptors (Lipinski definition) is 4. The second-order valence-electron chi connectivity index (χ2n) is 6.71. The average molecular weight is 408 g/mol. The van der Waals surface area contributed by atoms with Crippen LogP contribution in [0.1, 0.15) is 21.6 Å². The molecule has 0 atom stereocenters. The molecule has 2 aromatic heterocycles. The maximum Gasteiger partial charge on any atom is 0.272 e. The summed E-state index contributed by atoms with van der Waals surface area (Å²) in [7, 11) is 0. The molecular weight excluding hydrogens is 390 g/mol. The Balaban J connectivity index is 1.80. The Hall–Kier alpha value is -3.58. The van der Waals surface area contributed by atoms with E-state index in [2.05, 4.69) is 20.7 Å². The molecule has 8 heteroatoms. The number of benzene rings is 2. The van der Waals surface area contributed by atoms with Crippen LogP contribution in [0.4, 0.5) is 17.2 Å². The summed E-state index contributed by atoms with van der Waals surface area (Å²) in [6, 6.07) is 15.9. The molecule has 0 saturated carbocycles. The number of amides is 1.